The lowest BCUT2D eigenvalue weighted by atomic mass is 10.0. The number of thioether (sulfide) groups is 1. The summed E-state index contributed by atoms with van der Waals surface area (Å²) >= 11 is 0.675. The maximum Gasteiger partial charge on any atom is 0.398 e. The maximum atomic E-state index is 13.8. The molecule has 0 fully saturated rings. The lowest BCUT2D eigenvalue weighted by Crippen LogP contribution is -2.14. The van der Waals surface area contributed by atoms with Gasteiger partial charge < -0.3 is 10.1 Å². The van der Waals surface area contributed by atoms with Crippen molar-refractivity contribution >= 4 is 23.4 Å². The van der Waals surface area contributed by atoms with E-state index < -0.39 is 23.6 Å². The minimum Gasteiger partial charge on any atom is -0.457 e. The third-order valence-electron chi connectivity index (χ3n) is 5.12. The normalized spacial score (nSPS) is 11.3. The molecule has 0 atom stereocenters. The standard InChI is InChI=1S/C28H20F5NO2S/c29-20-4-1-3-19(14-20)25-12-9-22(16-26(25)36-23-6-2-5-21(30)15-23)34-27(35)13-18-7-10-24(11-8-18)37-17-28(31,32)33/h1-12,14-16H,13,17H2,(H,34,35). The van der Waals surface area contributed by atoms with Crippen molar-refractivity contribution in [1.29, 1.82) is 0 Å². The Hall–Kier alpha value is -3.85. The minimum atomic E-state index is -4.26. The summed E-state index contributed by atoms with van der Waals surface area (Å²) in [5, 5.41) is 2.76. The number of carbonyl (C=O) groups excluding carboxylic acids is 1. The number of hydrogen-bond acceptors (Lipinski definition) is 3. The Morgan fingerprint density at radius 1 is 0.838 bits per heavy atom. The van der Waals surface area contributed by atoms with E-state index in [1.807, 2.05) is 0 Å². The lowest BCUT2D eigenvalue weighted by Gasteiger charge is -2.14. The van der Waals surface area contributed by atoms with Crippen LogP contribution in [-0.4, -0.2) is 17.8 Å². The van der Waals surface area contributed by atoms with Gasteiger partial charge in [-0.25, -0.2) is 8.78 Å². The zero-order valence-corrected chi connectivity index (χ0v) is 20.0. The third-order valence-corrected chi connectivity index (χ3v) is 6.19. The van der Waals surface area contributed by atoms with Gasteiger partial charge in [-0.15, -0.1) is 11.8 Å². The van der Waals surface area contributed by atoms with Gasteiger partial charge in [0.05, 0.1) is 12.2 Å². The minimum absolute atomic E-state index is 0.00402. The van der Waals surface area contributed by atoms with E-state index in [0.717, 1.165) is 0 Å². The summed E-state index contributed by atoms with van der Waals surface area (Å²) in [6, 6.07) is 22.6. The molecule has 0 aromatic heterocycles. The fraction of sp³-hybridized carbons (Fsp3) is 0.107. The number of halogens is 5. The molecule has 0 aliphatic rings. The summed E-state index contributed by atoms with van der Waals surface area (Å²) in [5.74, 6) is -1.76. The average Bonchev–Trinajstić information content (AvgIpc) is 2.83. The predicted molar refractivity (Wildman–Crippen MR) is 134 cm³/mol. The summed E-state index contributed by atoms with van der Waals surface area (Å²) in [4.78, 5) is 13.1. The molecule has 3 nitrogen and oxygen atoms in total. The number of hydrogen-bond donors (Lipinski definition) is 1. The first-order chi connectivity index (χ1) is 17.6. The monoisotopic (exact) mass is 529 g/mol. The van der Waals surface area contributed by atoms with E-state index in [9.17, 15) is 26.7 Å². The molecule has 0 heterocycles. The molecule has 190 valence electrons. The number of nitrogens with one attached hydrogen (secondary N) is 1. The number of carbonyl (C=O) groups is 1. The van der Waals surface area contributed by atoms with Crippen molar-refractivity contribution in [2.24, 2.45) is 0 Å². The Labute approximate surface area is 214 Å². The third kappa shape index (κ3) is 7.82. The molecular weight excluding hydrogens is 509 g/mol. The molecule has 0 saturated carbocycles. The summed E-state index contributed by atoms with van der Waals surface area (Å²) < 4.78 is 70.6. The molecule has 9 heteroatoms. The van der Waals surface area contributed by atoms with Crippen LogP contribution in [0.1, 0.15) is 5.56 Å². The molecular formula is C28H20F5NO2S. The topological polar surface area (TPSA) is 38.3 Å². The fourth-order valence-corrected chi connectivity index (χ4v) is 4.15. The van der Waals surface area contributed by atoms with Gasteiger partial charge in [0, 0.05) is 28.3 Å². The van der Waals surface area contributed by atoms with Crippen molar-refractivity contribution in [3.63, 3.8) is 0 Å². The molecule has 0 radical (unpaired) electrons. The van der Waals surface area contributed by atoms with Crippen LogP contribution in [0.4, 0.5) is 27.6 Å². The number of amides is 1. The highest BCUT2D eigenvalue weighted by Gasteiger charge is 2.27. The number of anilines is 1. The molecule has 0 unspecified atom stereocenters. The van der Waals surface area contributed by atoms with Crippen molar-refractivity contribution in [3.8, 4) is 22.6 Å². The first kappa shape index (κ1) is 26.2. The lowest BCUT2D eigenvalue weighted by molar-refractivity contribution is -0.115. The average molecular weight is 530 g/mol. The summed E-state index contributed by atoms with van der Waals surface area (Å²) in [5.41, 5.74) is 2.09. The number of benzene rings is 4. The molecule has 1 N–H and O–H groups in total. The predicted octanol–water partition coefficient (Wildman–Crippen LogP) is 8.26. The fourth-order valence-electron chi connectivity index (χ4n) is 3.50. The van der Waals surface area contributed by atoms with Gasteiger partial charge in [-0.2, -0.15) is 13.2 Å². The van der Waals surface area contributed by atoms with Gasteiger partial charge in [-0.05, 0) is 59.7 Å². The van der Waals surface area contributed by atoms with Gasteiger partial charge in [0.25, 0.3) is 0 Å². The molecule has 4 rings (SSSR count). The van der Waals surface area contributed by atoms with E-state index in [-0.39, 0.29) is 23.8 Å². The van der Waals surface area contributed by atoms with Crippen molar-refractivity contribution in [2.45, 2.75) is 17.5 Å². The molecule has 0 bridgehead atoms. The SMILES string of the molecule is O=C(Cc1ccc(SCC(F)(F)F)cc1)Nc1ccc(-c2cccc(F)c2)c(Oc2cccc(F)c2)c1. The van der Waals surface area contributed by atoms with E-state index in [0.29, 0.717) is 39.0 Å². The number of rotatable bonds is 8. The van der Waals surface area contributed by atoms with Crippen molar-refractivity contribution in [1.82, 2.24) is 0 Å². The van der Waals surface area contributed by atoms with Crippen molar-refractivity contribution < 1.29 is 31.5 Å². The first-order valence-electron chi connectivity index (χ1n) is 11.1. The molecule has 37 heavy (non-hydrogen) atoms. The molecule has 0 saturated heterocycles. The highest BCUT2D eigenvalue weighted by molar-refractivity contribution is 7.99. The van der Waals surface area contributed by atoms with Gasteiger partial charge in [-0.3, -0.25) is 4.79 Å². The number of alkyl halides is 3. The summed E-state index contributed by atoms with van der Waals surface area (Å²) in [6.07, 6.45) is -4.26. The van der Waals surface area contributed by atoms with E-state index >= 15 is 0 Å². The Morgan fingerprint density at radius 2 is 1.54 bits per heavy atom. The Kier molecular flexibility index (Phi) is 8.13. The van der Waals surface area contributed by atoms with Gasteiger partial charge in [-0.1, -0.05) is 30.3 Å². The van der Waals surface area contributed by atoms with Crippen LogP contribution in [-0.2, 0) is 11.2 Å². The van der Waals surface area contributed by atoms with Gasteiger partial charge in [0.2, 0.25) is 5.91 Å². The zero-order chi connectivity index (χ0) is 26.4. The highest BCUT2D eigenvalue weighted by atomic mass is 32.2. The molecule has 4 aromatic rings. The van der Waals surface area contributed by atoms with Crippen LogP contribution >= 0.6 is 11.8 Å². The second kappa shape index (κ2) is 11.5. The number of ether oxygens (including phenoxy) is 1. The molecule has 0 aliphatic heterocycles. The maximum absolute atomic E-state index is 13.8. The molecule has 0 aliphatic carbocycles. The van der Waals surface area contributed by atoms with Crippen LogP contribution in [0.25, 0.3) is 11.1 Å². The largest absolute Gasteiger partial charge is 0.457 e. The Morgan fingerprint density at radius 3 is 2.22 bits per heavy atom. The van der Waals surface area contributed by atoms with Crippen LogP contribution in [0, 0.1) is 11.6 Å². The smallest absolute Gasteiger partial charge is 0.398 e. The van der Waals surface area contributed by atoms with Crippen LogP contribution in [0.5, 0.6) is 11.5 Å². The van der Waals surface area contributed by atoms with E-state index in [4.69, 9.17) is 4.74 Å². The van der Waals surface area contributed by atoms with Crippen molar-refractivity contribution in [3.05, 3.63) is 108 Å². The van der Waals surface area contributed by atoms with Crippen LogP contribution < -0.4 is 10.1 Å². The molecule has 1 amide bonds. The second-order valence-electron chi connectivity index (χ2n) is 8.05. The van der Waals surface area contributed by atoms with Crippen LogP contribution in [0.15, 0.2) is 95.9 Å². The van der Waals surface area contributed by atoms with Gasteiger partial charge in [0.1, 0.15) is 23.1 Å². The van der Waals surface area contributed by atoms with Gasteiger partial charge in [0.15, 0.2) is 0 Å². The molecule has 4 aromatic carbocycles. The second-order valence-corrected chi connectivity index (χ2v) is 9.10. The Balaban J connectivity index is 1.50. The zero-order valence-electron chi connectivity index (χ0n) is 19.2. The summed E-state index contributed by atoms with van der Waals surface area (Å²) in [6.45, 7) is 0. The quantitative estimate of drug-likeness (QED) is 0.184. The highest BCUT2D eigenvalue weighted by Crippen LogP contribution is 2.36. The van der Waals surface area contributed by atoms with Crippen LogP contribution in [0.2, 0.25) is 0 Å². The van der Waals surface area contributed by atoms with E-state index in [2.05, 4.69) is 5.32 Å². The van der Waals surface area contributed by atoms with E-state index in [1.165, 1.54) is 42.5 Å². The van der Waals surface area contributed by atoms with Crippen molar-refractivity contribution in [2.75, 3.05) is 11.1 Å². The van der Waals surface area contributed by atoms with Gasteiger partial charge >= 0.3 is 6.18 Å². The molecule has 0 spiro atoms. The van der Waals surface area contributed by atoms with E-state index in [1.54, 1.807) is 48.5 Å². The Bertz CT molecular complexity index is 1390. The summed E-state index contributed by atoms with van der Waals surface area (Å²) in [7, 11) is 0. The van der Waals surface area contributed by atoms with Crippen LogP contribution in [0.3, 0.4) is 0 Å². The first-order valence-corrected chi connectivity index (χ1v) is 12.0.